The fourth-order valence-corrected chi connectivity index (χ4v) is 5.36. The number of hydrogen-bond acceptors (Lipinski definition) is 4. The SMILES string of the molecule is CCCC/C=C\CCCCCCCCOCC(CO)OC(=O)CCCCCCCCCCC/C=C\CCCCCCCC. The highest BCUT2D eigenvalue weighted by atomic mass is 16.6. The topological polar surface area (TPSA) is 55.8 Å². The summed E-state index contributed by atoms with van der Waals surface area (Å²) in [6, 6.07) is 0. The zero-order valence-electron chi connectivity index (χ0n) is 29.0. The highest BCUT2D eigenvalue weighted by Crippen LogP contribution is 2.13. The molecule has 0 radical (unpaired) electrons. The van der Waals surface area contributed by atoms with Crippen molar-refractivity contribution < 1.29 is 19.4 Å². The normalized spacial score (nSPS) is 12.5. The molecular formula is C39H74O4. The first-order valence-electron chi connectivity index (χ1n) is 18.9. The van der Waals surface area contributed by atoms with Gasteiger partial charge in [-0.2, -0.15) is 0 Å². The van der Waals surface area contributed by atoms with Crippen molar-refractivity contribution in [3.05, 3.63) is 24.3 Å². The molecule has 0 aromatic rings. The van der Waals surface area contributed by atoms with Crippen LogP contribution in [0, 0.1) is 0 Å². The largest absolute Gasteiger partial charge is 0.457 e. The predicted molar refractivity (Wildman–Crippen MR) is 187 cm³/mol. The van der Waals surface area contributed by atoms with Crippen molar-refractivity contribution >= 4 is 5.97 Å². The maximum atomic E-state index is 12.1. The summed E-state index contributed by atoms with van der Waals surface area (Å²) in [6.45, 7) is 5.31. The Bertz CT molecular complexity index is 600. The van der Waals surface area contributed by atoms with Crippen LogP contribution in [0.4, 0.5) is 0 Å². The van der Waals surface area contributed by atoms with Gasteiger partial charge in [-0.1, -0.05) is 154 Å². The van der Waals surface area contributed by atoms with Crippen molar-refractivity contribution in [2.24, 2.45) is 0 Å². The van der Waals surface area contributed by atoms with Crippen LogP contribution in [0.15, 0.2) is 24.3 Å². The van der Waals surface area contributed by atoms with Crippen LogP contribution >= 0.6 is 0 Å². The van der Waals surface area contributed by atoms with E-state index in [-0.39, 0.29) is 12.6 Å². The van der Waals surface area contributed by atoms with Crippen molar-refractivity contribution in [1.82, 2.24) is 0 Å². The van der Waals surface area contributed by atoms with Gasteiger partial charge in [0.15, 0.2) is 0 Å². The molecule has 0 fully saturated rings. The lowest BCUT2D eigenvalue weighted by Gasteiger charge is -2.15. The van der Waals surface area contributed by atoms with E-state index in [1.807, 2.05) is 0 Å². The van der Waals surface area contributed by atoms with E-state index >= 15 is 0 Å². The molecule has 0 saturated carbocycles. The molecule has 0 bridgehead atoms. The lowest BCUT2D eigenvalue weighted by Crippen LogP contribution is -2.27. The molecule has 0 aliphatic carbocycles. The second-order valence-corrected chi connectivity index (χ2v) is 12.6. The molecule has 0 aliphatic heterocycles. The number of aliphatic hydroxyl groups excluding tert-OH is 1. The Kier molecular flexibility index (Phi) is 36.1. The minimum atomic E-state index is -0.534. The maximum absolute atomic E-state index is 12.1. The van der Waals surface area contributed by atoms with Crippen molar-refractivity contribution in [1.29, 1.82) is 0 Å². The summed E-state index contributed by atoms with van der Waals surface area (Å²) < 4.78 is 11.1. The summed E-state index contributed by atoms with van der Waals surface area (Å²) in [5, 5.41) is 9.55. The molecule has 1 N–H and O–H groups in total. The van der Waals surface area contributed by atoms with Gasteiger partial charge in [0.1, 0.15) is 6.10 Å². The van der Waals surface area contributed by atoms with Gasteiger partial charge in [0.05, 0.1) is 13.2 Å². The van der Waals surface area contributed by atoms with Gasteiger partial charge < -0.3 is 14.6 Å². The Labute approximate surface area is 268 Å². The first-order valence-corrected chi connectivity index (χ1v) is 18.9. The quantitative estimate of drug-likeness (QED) is 0.0443. The highest BCUT2D eigenvalue weighted by Gasteiger charge is 2.13. The summed E-state index contributed by atoms with van der Waals surface area (Å²) >= 11 is 0. The van der Waals surface area contributed by atoms with Gasteiger partial charge in [-0.15, -0.1) is 0 Å². The van der Waals surface area contributed by atoms with E-state index in [1.54, 1.807) is 0 Å². The Morgan fingerprint density at radius 3 is 1.40 bits per heavy atom. The van der Waals surface area contributed by atoms with E-state index in [0.29, 0.717) is 19.6 Å². The number of carbonyl (C=O) groups is 1. The number of aliphatic hydroxyl groups is 1. The molecule has 0 heterocycles. The summed E-state index contributed by atoms with van der Waals surface area (Å²) in [7, 11) is 0. The first-order chi connectivity index (χ1) is 21.2. The van der Waals surface area contributed by atoms with Gasteiger partial charge in [0, 0.05) is 13.0 Å². The van der Waals surface area contributed by atoms with Gasteiger partial charge in [-0.25, -0.2) is 0 Å². The molecule has 0 aromatic carbocycles. The number of carbonyl (C=O) groups excluding carboxylic acids is 1. The monoisotopic (exact) mass is 607 g/mol. The minimum Gasteiger partial charge on any atom is -0.457 e. The van der Waals surface area contributed by atoms with E-state index in [9.17, 15) is 9.90 Å². The Morgan fingerprint density at radius 2 is 0.930 bits per heavy atom. The average Bonchev–Trinajstić information content (AvgIpc) is 3.01. The Morgan fingerprint density at radius 1 is 0.535 bits per heavy atom. The van der Waals surface area contributed by atoms with Crippen LogP contribution in [-0.4, -0.2) is 37.0 Å². The Balaban J connectivity index is 3.42. The van der Waals surface area contributed by atoms with Crippen molar-refractivity contribution in [3.8, 4) is 0 Å². The van der Waals surface area contributed by atoms with Gasteiger partial charge in [-0.3, -0.25) is 4.79 Å². The van der Waals surface area contributed by atoms with E-state index in [2.05, 4.69) is 38.2 Å². The number of allylic oxidation sites excluding steroid dienone is 4. The third-order valence-corrected chi connectivity index (χ3v) is 8.25. The van der Waals surface area contributed by atoms with Crippen LogP contribution in [0.1, 0.15) is 194 Å². The van der Waals surface area contributed by atoms with Crippen LogP contribution in [-0.2, 0) is 14.3 Å². The first kappa shape index (κ1) is 41.9. The predicted octanol–water partition coefficient (Wildman–Crippen LogP) is 12.0. The zero-order valence-corrected chi connectivity index (χ0v) is 29.0. The summed E-state index contributed by atoms with van der Waals surface area (Å²) in [6.07, 6.45) is 43.6. The summed E-state index contributed by atoms with van der Waals surface area (Å²) in [5.74, 6) is -0.205. The standard InChI is InChI=1S/C39H74O4/c1-3-5-7-9-11-13-15-17-18-19-20-21-22-23-24-26-28-30-32-34-39(41)43-38(36-40)37-42-35-33-31-29-27-25-16-14-12-10-8-6-4-2/h10,12,17-18,38,40H,3-9,11,13-16,19-37H2,1-2H3/b12-10-,18-17-. The number of esters is 1. The molecule has 0 saturated heterocycles. The number of ether oxygens (including phenoxy) is 2. The number of rotatable bonds is 35. The van der Waals surface area contributed by atoms with E-state index in [0.717, 1.165) is 19.3 Å². The molecule has 43 heavy (non-hydrogen) atoms. The van der Waals surface area contributed by atoms with Crippen LogP contribution in [0.5, 0.6) is 0 Å². The van der Waals surface area contributed by atoms with Crippen LogP contribution < -0.4 is 0 Å². The molecule has 0 spiro atoms. The summed E-state index contributed by atoms with van der Waals surface area (Å²) in [4.78, 5) is 12.1. The van der Waals surface area contributed by atoms with Crippen molar-refractivity contribution in [2.45, 2.75) is 200 Å². The highest BCUT2D eigenvalue weighted by molar-refractivity contribution is 5.69. The lowest BCUT2D eigenvalue weighted by molar-refractivity contribution is -0.154. The van der Waals surface area contributed by atoms with Gasteiger partial charge >= 0.3 is 5.97 Å². The molecule has 0 aliphatic rings. The van der Waals surface area contributed by atoms with E-state index in [4.69, 9.17) is 9.47 Å². The van der Waals surface area contributed by atoms with Crippen LogP contribution in [0.3, 0.4) is 0 Å². The third kappa shape index (κ3) is 35.2. The second kappa shape index (κ2) is 37.1. The molecule has 254 valence electrons. The molecule has 4 heteroatoms. The van der Waals surface area contributed by atoms with Crippen molar-refractivity contribution in [2.75, 3.05) is 19.8 Å². The fraction of sp³-hybridized carbons (Fsp3) is 0.872. The minimum absolute atomic E-state index is 0.173. The van der Waals surface area contributed by atoms with Gasteiger partial charge in [0.2, 0.25) is 0 Å². The maximum Gasteiger partial charge on any atom is 0.306 e. The molecule has 4 nitrogen and oxygen atoms in total. The summed E-state index contributed by atoms with van der Waals surface area (Å²) in [5.41, 5.74) is 0. The number of hydrogen-bond donors (Lipinski definition) is 1. The molecule has 1 unspecified atom stereocenters. The fourth-order valence-electron chi connectivity index (χ4n) is 5.36. The van der Waals surface area contributed by atoms with Gasteiger partial charge in [-0.05, 0) is 57.8 Å². The van der Waals surface area contributed by atoms with E-state index in [1.165, 1.54) is 154 Å². The van der Waals surface area contributed by atoms with E-state index < -0.39 is 6.10 Å². The molecular weight excluding hydrogens is 532 g/mol. The lowest BCUT2D eigenvalue weighted by atomic mass is 10.1. The number of unbranched alkanes of at least 4 members (excludes halogenated alkanes) is 23. The second-order valence-electron chi connectivity index (χ2n) is 12.6. The zero-order chi connectivity index (χ0) is 31.3. The Hall–Kier alpha value is -1.13. The molecule has 0 aromatic heterocycles. The van der Waals surface area contributed by atoms with Gasteiger partial charge in [0.25, 0.3) is 0 Å². The van der Waals surface area contributed by atoms with Crippen LogP contribution in [0.25, 0.3) is 0 Å². The smallest absolute Gasteiger partial charge is 0.306 e. The molecule has 0 rings (SSSR count). The van der Waals surface area contributed by atoms with Crippen LogP contribution in [0.2, 0.25) is 0 Å². The third-order valence-electron chi connectivity index (χ3n) is 8.25. The van der Waals surface area contributed by atoms with Crippen molar-refractivity contribution in [3.63, 3.8) is 0 Å². The molecule has 0 amide bonds. The molecule has 1 atom stereocenters. The average molecular weight is 607 g/mol.